The van der Waals surface area contributed by atoms with E-state index in [2.05, 4.69) is 5.32 Å². The number of hydrogen-bond donors (Lipinski definition) is 1. The third kappa shape index (κ3) is 4.98. The van der Waals surface area contributed by atoms with Gasteiger partial charge in [-0.2, -0.15) is 4.31 Å². The number of anilines is 1. The van der Waals surface area contributed by atoms with Crippen molar-refractivity contribution in [2.75, 3.05) is 25.5 Å². The van der Waals surface area contributed by atoms with E-state index in [4.69, 9.17) is 4.74 Å². The fourth-order valence-electron chi connectivity index (χ4n) is 4.52. The number of hydrogen-bond acceptors (Lipinski definition) is 4. The van der Waals surface area contributed by atoms with Crippen LogP contribution in [-0.4, -0.2) is 38.8 Å². The average Bonchev–Trinajstić information content (AvgIpc) is 2.85. The lowest BCUT2D eigenvalue weighted by atomic mass is 9.70. The highest BCUT2D eigenvalue weighted by Crippen LogP contribution is 2.40. The molecular formula is C26H27FN2O4S. The first-order chi connectivity index (χ1) is 16.3. The Bertz CT molecular complexity index is 1240. The molecule has 8 heteroatoms. The predicted molar refractivity (Wildman–Crippen MR) is 129 cm³/mol. The fraction of sp³-hybridized carbons (Fsp3) is 0.269. The smallest absolute Gasteiger partial charge is 0.243 e. The second-order valence-electron chi connectivity index (χ2n) is 8.43. The molecule has 6 nitrogen and oxygen atoms in total. The van der Waals surface area contributed by atoms with Crippen LogP contribution in [0, 0.1) is 5.82 Å². The Labute approximate surface area is 199 Å². The maximum atomic E-state index is 13.3. The second kappa shape index (κ2) is 9.95. The van der Waals surface area contributed by atoms with Crippen molar-refractivity contribution in [2.24, 2.45) is 0 Å². The third-order valence-electron chi connectivity index (χ3n) is 6.40. The summed E-state index contributed by atoms with van der Waals surface area (Å²) >= 11 is 0. The van der Waals surface area contributed by atoms with Crippen LogP contribution < -0.4 is 10.1 Å². The zero-order valence-electron chi connectivity index (χ0n) is 18.9. The number of carbonyl (C=O) groups excluding carboxylic acids is 1. The van der Waals surface area contributed by atoms with E-state index in [-0.39, 0.29) is 30.3 Å². The lowest BCUT2D eigenvalue weighted by Crippen LogP contribution is -2.46. The molecule has 1 heterocycles. The van der Waals surface area contributed by atoms with Gasteiger partial charge in [-0.25, -0.2) is 12.8 Å². The van der Waals surface area contributed by atoms with Crippen LogP contribution in [0.1, 0.15) is 24.8 Å². The Morgan fingerprint density at radius 2 is 1.59 bits per heavy atom. The Hall–Kier alpha value is -3.23. The molecule has 178 valence electrons. The number of carbonyl (C=O) groups is 1. The Morgan fingerprint density at radius 3 is 2.24 bits per heavy atom. The quantitative estimate of drug-likeness (QED) is 0.535. The number of halogens is 1. The fourth-order valence-corrected chi connectivity index (χ4v) is 5.96. The van der Waals surface area contributed by atoms with Gasteiger partial charge in [-0.15, -0.1) is 0 Å². The van der Waals surface area contributed by atoms with Crippen molar-refractivity contribution in [1.29, 1.82) is 0 Å². The molecule has 4 rings (SSSR count). The highest BCUT2D eigenvalue weighted by molar-refractivity contribution is 7.89. The first-order valence-electron chi connectivity index (χ1n) is 11.1. The molecule has 1 aliphatic heterocycles. The van der Waals surface area contributed by atoms with E-state index in [1.165, 1.54) is 16.4 Å². The maximum absolute atomic E-state index is 13.3. The van der Waals surface area contributed by atoms with Gasteiger partial charge in [0.25, 0.3) is 0 Å². The Kier molecular flexibility index (Phi) is 7.00. The van der Waals surface area contributed by atoms with Crippen molar-refractivity contribution >= 4 is 21.6 Å². The topological polar surface area (TPSA) is 75.7 Å². The molecule has 34 heavy (non-hydrogen) atoms. The Balaban J connectivity index is 1.55. The highest BCUT2D eigenvalue weighted by atomic mass is 32.2. The summed E-state index contributed by atoms with van der Waals surface area (Å²) in [4.78, 5) is 13.2. The van der Waals surface area contributed by atoms with Crippen LogP contribution in [0.25, 0.3) is 0 Å². The van der Waals surface area contributed by atoms with E-state index >= 15 is 0 Å². The molecule has 0 atom stereocenters. The minimum Gasteiger partial charge on any atom is -0.495 e. The highest BCUT2D eigenvalue weighted by Gasteiger charge is 2.41. The van der Waals surface area contributed by atoms with Gasteiger partial charge in [-0.1, -0.05) is 42.5 Å². The third-order valence-corrected chi connectivity index (χ3v) is 8.31. The molecule has 0 aromatic heterocycles. The number of nitrogens with one attached hydrogen (secondary N) is 1. The van der Waals surface area contributed by atoms with E-state index < -0.39 is 21.3 Å². The molecule has 3 aromatic rings. The van der Waals surface area contributed by atoms with Gasteiger partial charge in [0.1, 0.15) is 11.6 Å². The summed E-state index contributed by atoms with van der Waals surface area (Å²) in [5, 5.41) is 2.94. The summed E-state index contributed by atoms with van der Waals surface area (Å²) in [6.07, 6.45) is 1.17. The number of methoxy groups -OCH3 is 1. The van der Waals surface area contributed by atoms with Gasteiger partial charge in [0.15, 0.2) is 0 Å². The second-order valence-corrected chi connectivity index (χ2v) is 10.4. The van der Waals surface area contributed by atoms with Crippen LogP contribution >= 0.6 is 0 Å². The molecule has 1 amide bonds. The number of sulfonamides is 1. The van der Waals surface area contributed by atoms with Crippen molar-refractivity contribution in [2.45, 2.75) is 29.6 Å². The molecule has 1 N–H and O–H groups in total. The number of amides is 1. The van der Waals surface area contributed by atoms with Crippen LogP contribution in [0.5, 0.6) is 5.75 Å². The summed E-state index contributed by atoms with van der Waals surface area (Å²) in [6.45, 7) is 0.521. The largest absolute Gasteiger partial charge is 0.495 e. The summed E-state index contributed by atoms with van der Waals surface area (Å²) < 4.78 is 46.2. The first kappa shape index (κ1) is 23.9. The van der Waals surface area contributed by atoms with E-state index in [0.717, 1.165) is 17.7 Å². The van der Waals surface area contributed by atoms with Gasteiger partial charge in [0.2, 0.25) is 15.9 Å². The maximum Gasteiger partial charge on any atom is 0.243 e. The molecule has 0 bridgehead atoms. The number of para-hydroxylation sites is 2. The molecule has 3 aromatic carbocycles. The first-order valence-corrected chi connectivity index (χ1v) is 12.5. The van der Waals surface area contributed by atoms with Crippen molar-refractivity contribution in [3.05, 3.63) is 90.2 Å². The lowest BCUT2D eigenvalue weighted by molar-refractivity contribution is -0.117. The van der Waals surface area contributed by atoms with E-state index in [0.29, 0.717) is 24.3 Å². The molecule has 1 saturated heterocycles. The van der Waals surface area contributed by atoms with Crippen molar-refractivity contribution < 1.29 is 22.3 Å². The van der Waals surface area contributed by atoms with E-state index in [9.17, 15) is 17.6 Å². The Morgan fingerprint density at radius 1 is 0.971 bits per heavy atom. The van der Waals surface area contributed by atoms with Gasteiger partial charge in [0, 0.05) is 24.9 Å². The zero-order valence-corrected chi connectivity index (χ0v) is 19.7. The average molecular weight is 483 g/mol. The number of nitrogens with zero attached hydrogens (tertiary/aromatic N) is 1. The minimum atomic E-state index is -3.75. The van der Waals surface area contributed by atoms with Gasteiger partial charge < -0.3 is 10.1 Å². The van der Waals surface area contributed by atoms with E-state index in [1.807, 2.05) is 42.5 Å². The van der Waals surface area contributed by atoms with Crippen LogP contribution in [0.4, 0.5) is 10.1 Å². The summed E-state index contributed by atoms with van der Waals surface area (Å²) in [5.74, 6) is -0.0743. The van der Waals surface area contributed by atoms with Gasteiger partial charge in [-0.3, -0.25) is 4.79 Å². The summed E-state index contributed by atoms with van der Waals surface area (Å²) in [6, 6.07) is 21.8. The number of benzene rings is 3. The summed E-state index contributed by atoms with van der Waals surface area (Å²) in [7, 11) is -2.20. The van der Waals surface area contributed by atoms with Crippen LogP contribution in [0.2, 0.25) is 0 Å². The molecular weight excluding hydrogens is 455 g/mol. The van der Waals surface area contributed by atoms with Crippen molar-refractivity contribution in [1.82, 2.24) is 4.31 Å². The molecule has 1 fully saturated rings. The SMILES string of the molecule is COc1ccccc1NC(=O)CC1(c2ccccc2)CCN(S(=O)(=O)c2ccc(F)cc2)CC1. The van der Waals surface area contributed by atoms with Gasteiger partial charge in [0.05, 0.1) is 17.7 Å². The summed E-state index contributed by atoms with van der Waals surface area (Å²) in [5.41, 5.74) is 1.08. The normalized spacial score (nSPS) is 16.1. The molecule has 0 aliphatic carbocycles. The zero-order chi connectivity index (χ0) is 24.2. The number of ether oxygens (including phenoxy) is 1. The van der Waals surface area contributed by atoms with Gasteiger partial charge >= 0.3 is 0 Å². The molecule has 0 radical (unpaired) electrons. The molecule has 1 aliphatic rings. The molecule has 0 spiro atoms. The number of rotatable bonds is 7. The van der Waals surface area contributed by atoms with Crippen LogP contribution in [0.3, 0.4) is 0 Å². The standard InChI is InChI=1S/C26H27FN2O4S/c1-33-24-10-6-5-9-23(24)28-25(30)19-26(20-7-3-2-4-8-20)15-17-29(18-16-26)34(31,32)22-13-11-21(27)12-14-22/h2-14H,15-19H2,1H3,(H,28,30). The van der Waals surface area contributed by atoms with E-state index in [1.54, 1.807) is 19.2 Å². The molecule has 0 unspecified atom stereocenters. The van der Waals surface area contributed by atoms with Crippen LogP contribution in [-0.2, 0) is 20.2 Å². The van der Waals surface area contributed by atoms with Crippen LogP contribution in [0.15, 0.2) is 83.8 Å². The number of piperidine rings is 1. The molecule has 0 saturated carbocycles. The monoisotopic (exact) mass is 482 g/mol. The minimum absolute atomic E-state index is 0.0648. The lowest BCUT2D eigenvalue weighted by Gasteiger charge is -2.41. The van der Waals surface area contributed by atoms with Crippen molar-refractivity contribution in [3.8, 4) is 5.75 Å². The van der Waals surface area contributed by atoms with Gasteiger partial charge in [-0.05, 0) is 54.8 Å². The predicted octanol–water partition coefficient (Wildman–Crippen LogP) is 4.59. The van der Waals surface area contributed by atoms with Crippen molar-refractivity contribution in [3.63, 3.8) is 0 Å².